The summed E-state index contributed by atoms with van der Waals surface area (Å²) in [5.41, 5.74) is 1.19. The molecule has 0 fully saturated rings. The van der Waals surface area contributed by atoms with E-state index in [0.717, 1.165) is 5.69 Å². The minimum atomic E-state index is 0.0960. The first kappa shape index (κ1) is 7.74. The third-order valence-electron chi connectivity index (χ3n) is 1.87. The summed E-state index contributed by atoms with van der Waals surface area (Å²) in [6.07, 6.45) is 6.36. The maximum absolute atomic E-state index is 4.42. The summed E-state index contributed by atoms with van der Waals surface area (Å²) in [6, 6.07) is 2.06. The number of hydrogen-bond donors (Lipinski definition) is 0. The second-order valence-corrected chi connectivity index (χ2v) is 4.53. The molecular weight excluding hydrogens is 166 g/mol. The summed E-state index contributed by atoms with van der Waals surface area (Å²) in [4.78, 5) is 5.68. The van der Waals surface area contributed by atoms with Crippen molar-refractivity contribution in [2.24, 2.45) is 10.4 Å². The summed E-state index contributed by atoms with van der Waals surface area (Å²) in [6.45, 7) is 4.31. The van der Waals surface area contributed by atoms with E-state index in [9.17, 15) is 0 Å². The molecule has 0 saturated heterocycles. The van der Waals surface area contributed by atoms with Gasteiger partial charge < -0.3 is 0 Å². The normalized spacial score (nSPS) is 18.8. The van der Waals surface area contributed by atoms with E-state index in [2.05, 4.69) is 42.4 Å². The molecule has 0 spiro atoms. The van der Waals surface area contributed by atoms with Gasteiger partial charge in [0.1, 0.15) is 0 Å². The second kappa shape index (κ2) is 2.56. The van der Waals surface area contributed by atoms with Crippen molar-refractivity contribution in [3.05, 3.63) is 22.4 Å². The lowest BCUT2D eigenvalue weighted by Crippen LogP contribution is -2.07. The van der Waals surface area contributed by atoms with Crippen molar-refractivity contribution in [2.45, 2.75) is 13.8 Å². The Kier molecular flexibility index (Phi) is 1.65. The molecular formula is C10H11NS. The molecule has 62 valence electrons. The molecule has 0 radical (unpaired) electrons. The molecule has 0 unspecified atom stereocenters. The van der Waals surface area contributed by atoms with Crippen molar-refractivity contribution in [3.63, 3.8) is 0 Å². The van der Waals surface area contributed by atoms with Gasteiger partial charge in [0.25, 0.3) is 0 Å². The number of hydrogen-bond acceptors (Lipinski definition) is 2. The standard InChI is InChI=1S/C10H11NS/c1-10(2)5-3-9-8(11-7-10)4-6-12-9/h3-7H,1-2H3. The first-order chi connectivity index (χ1) is 5.67. The minimum Gasteiger partial charge on any atom is -0.259 e. The van der Waals surface area contributed by atoms with Crippen molar-refractivity contribution in [2.75, 3.05) is 0 Å². The molecule has 0 aliphatic carbocycles. The molecule has 0 bridgehead atoms. The van der Waals surface area contributed by atoms with Crippen LogP contribution in [0, 0.1) is 5.41 Å². The van der Waals surface area contributed by atoms with Crippen molar-refractivity contribution < 1.29 is 0 Å². The molecule has 1 aromatic rings. The highest BCUT2D eigenvalue weighted by atomic mass is 32.1. The lowest BCUT2D eigenvalue weighted by molar-refractivity contribution is 0.699. The molecule has 0 amide bonds. The van der Waals surface area contributed by atoms with Crippen LogP contribution in [-0.4, -0.2) is 6.21 Å². The second-order valence-electron chi connectivity index (χ2n) is 3.58. The van der Waals surface area contributed by atoms with Gasteiger partial charge in [-0.3, -0.25) is 4.99 Å². The van der Waals surface area contributed by atoms with E-state index in [4.69, 9.17) is 0 Å². The summed E-state index contributed by atoms with van der Waals surface area (Å²) in [5.74, 6) is 0. The number of thiophene rings is 1. The van der Waals surface area contributed by atoms with Gasteiger partial charge in [0, 0.05) is 11.6 Å². The van der Waals surface area contributed by atoms with Gasteiger partial charge in [-0.15, -0.1) is 11.3 Å². The van der Waals surface area contributed by atoms with E-state index in [0.29, 0.717) is 0 Å². The topological polar surface area (TPSA) is 12.4 Å². The molecule has 1 aliphatic rings. The quantitative estimate of drug-likeness (QED) is 0.575. The highest BCUT2D eigenvalue weighted by Gasteiger charge is 2.13. The van der Waals surface area contributed by atoms with Crippen LogP contribution in [0.4, 0.5) is 5.69 Å². The van der Waals surface area contributed by atoms with Gasteiger partial charge in [0.15, 0.2) is 0 Å². The zero-order valence-corrected chi connectivity index (χ0v) is 8.06. The Balaban J connectivity index is 2.49. The largest absolute Gasteiger partial charge is 0.259 e. The van der Waals surface area contributed by atoms with Gasteiger partial charge in [-0.1, -0.05) is 19.9 Å². The number of nitrogens with zero attached hydrogens (tertiary/aromatic N) is 1. The van der Waals surface area contributed by atoms with E-state index in [1.165, 1.54) is 4.88 Å². The predicted molar refractivity (Wildman–Crippen MR) is 55.3 cm³/mol. The van der Waals surface area contributed by atoms with Crippen molar-refractivity contribution in [3.8, 4) is 0 Å². The van der Waals surface area contributed by atoms with E-state index in [-0.39, 0.29) is 5.41 Å². The Bertz CT molecular complexity index is 314. The van der Waals surface area contributed by atoms with Crippen molar-refractivity contribution in [1.82, 2.24) is 0 Å². The molecule has 0 saturated carbocycles. The Morgan fingerprint density at radius 3 is 3.08 bits per heavy atom. The van der Waals surface area contributed by atoms with E-state index >= 15 is 0 Å². The number of fused-ring (bicyclic) bond motifs is 1. The highest BCUT2D eigenvalue weighted by molar-refractivity contribution is 7.11. The molecule has 0 aromatic carbocycles. The molecule has 0 atom stereocenters. The number of allylic oxidation sites excluding steroid dienone is 1. The van der Waals surface area contributed by atoms with Gasteiger partial charge in [0.05, 0.1) is 10.6 Å². The summed E-state index contributed by atoms with van der Waals surface area (Å²) < 4.78 is 0. The Hall–Kier alpha value is -0.890. The number of aliphatic imine (C=N–C) groups is 1. The third kappa shape index (κ3) is 1.34. The van der Waals surface area contributed by atoms with E-state index in [1.54, 1.807) is 11.3 Å². The lowest BCUT2D eigenvalue weighted by atomic mass is 9.95. The van der Waals surface area contributed by atoms with Gasteiger partial charge in [-0.25, -0.2) is 0 Å². The molecule has 1 aliphatic heterocycles. The van der Waals surface area contributed by atoms with Crippen molar-refractivity contribution >= 4 is 29.3 Å². The van der Waals surface area contributed by atoms with Gasteiger partial charge in [0.2, 0.25) is 0 Å². The Morgan fingerprint density at radius 2 is 2.25 bits per heavy atom. The molecule has 1 nitrogen and oxygen atoms in total. The zero-order chi connectivity index (χ0) is 8.60. The van der Waals surface area contributed by atoms with Crippen LogP contribution in [0.1, 0.15) is 18.7 Å². The van der Waals surface area contributed by atoms with Crippen LogP contribution in [0.25, 0.3) is 6.08 Å². The molecule has 2 heteroatoms. The summed E-state index contributed by atoms with van der Waals surface area (Å²) in [7, 11) is 0. The molecule has 12 heavy (non-hydrogen) atoms. The smallest absolute Gasteiger partial charge is 0.0805 e. The fraction of sp³-hybridized carbons (Fsp3) is 0.300. The van der Waals surface area contributed by atoms with Gasteiger partial charge in [-0.05, 0) is 17.5 Å². The van der Waals surface area contributed by atoms with E-state index in [1.807, 2.05) is 6.21 Å². The predicted octanol–water partition coefficient (Wildman–Crippen LogP) is 3.50. The van der Waals surface area contributed by atoms with Crippen LogP contribution in [0.3, 0.4) is 0 Å². The Morgan fingerprint density at radius 1 is 1.42 bits per heavy atom. The van der Waals surface area contributed by atoms with Crippen LogP contribution >= 0.6 is 11.3 Å². The lowest BCUT2D eigenvalue weighted by Gasteiger charge is -2.10. The highest BCUT2D eigenvalue weighted by Crippen LogP contribution is 2.31. The SMILES string of the molecule is CC1(C)C=Cc2sccc2N=C1. The average molecular weight is 177 g/mol. The third-order valence-corrected chi connectivity index (χ3v) is 2.75. The van der Waals surface area contributed by atoms with Crippen LogP contribution < -0.4 is 0 Å². The van der Waals surface area contributed by atoms with E-state index < -0.39 is 0 Å². The number of rotatable bonds is 0. The van der Waals surface area contributed by atoms with Crippen LogP contribution in [0.5, 0.6) is 0 Å². The minimum absolute atomic E-state index is 0.0960. The Labute approximate surface area is 76.5 Å². The molecule has 2 rings (SSSR count). The summed E-state index contributed by atoms with van der Waals surface area (Å²) in [5, 5.41) is 2.07. The first-order valence-electron chi connectivity index (χ1n) is 3.99. The molecule has 2 heterocycles. The maximum Gasteiger partial charge on any atom is 0.0805 e. The molecule has 0 N–H and O–H groups in total. The van der Waals surface area contributed by atoms with Crippen molar-refractivity contribution in [1.29, 1.82) is 0 Å². The van der Waals surface area contributed by atoms with Crippen LogP contribution in [-0.2, 0) is 0 Å². The first-order valence-corrected chi connectivity index (χ1v) is 4.87. The monoisotopic (exact) mass is 177 g/mol. The van der Waals surface area contributed by atoms with Gasteiger partial charge >= 0.3 is 0 Å². The average Bonchev–Trinajstić information content (AvgIpc) is 2.40. The maximum atomic E-state index is 4.42. The summed E-state index contributed by atoms with van der Waals surface area (Å²) >= 11 is 1.74. The fourth-order valence-corrected chi connectivity index (χ4v) is 1.85. The molecule has 1 aromatic heterocycles. The zero-order valence-electron chi connectivity index (χ0n) is 7.24. The van der Waals surface area contributed by atoms with Crippen LogP contribution in [0.2, 0.25) is 0 Å². The fourth-order valence-electron chi connectivity index (χ4n) is 1.12. The van der Waals surface area contributed by atoms with Gasteiger partial charge in [-0.2, -0.15) is 0 Å². The van der Waals surface area contributed by atoms with Crippen LogP contribution in [0.15, 0.2) is 22.5 Å².